The Balaban J connectivity index is 0.00000240. The number of anilines is 2. The Kier molecular flexibility index (Phi) is 6.18. The van der Waals surface area contributed by atoms with Crippen molar-refractivity contribution in [3.63, 3.8) is 0 Å². The molecule has 1 aliphatic rings. The lowest BCUT2D eigenvalue weighted by Crippen LogP contribution is -2.24. The number of aromatic nitrogens is 2. The molecule has 3 aromatic rings. The number of aryl methyl sites for hydroxylation is 4. The van der Waals surface area contributed by atoms with E-state index >= 15 is 0 Å². The first-order valence-corrected chi connectivity index (χ1v) is 10.1. The summed E-state index contributed by atoms with van der Waals surface area (Å²) in [6.45, 7) is 9.99. The summed E-state index contributed by atoms with van der Waals surface area (Å²) >= 11 is 0. The fourth-order valence-corrected chi connectivity index (χ4v) is 4.09. The molecule has 6 heteroatoms. The molecule has 3 heterocycles. The highest BCUT2D eigenvalue weighted by Crippen LogP contribution is 2.30. The van der Waals surface area contributed by atoms with E-state index in [9.17, 15) is 4.79 Å². The van der Waals surface area contributed by atoms with Crippen LogP contribution in [0.15, 0.2) is 30.5 Å². The van der Waals surface area contributed by atoms with Gasteiger partial charge in [0.1, 0.15) is 0 Å². The average molecular weight is 413 g/mol. The lowest BCUT2D eigenvalue weighted by Gasteiger charge is -2.19. The van der Waals surface area contributed by atoms with Crippen LogP contribution in [0.5, 0.6) is 0 Å². The van der Waals surface area contributed by atoms with Crippen molar-refractivity contribution in [2.45, 2.75) is 53.5 Å². The Morgan fingerprint density at radius 2 is 2.00 bits per heavy atom. The smallest absolute Gasteiger partial charge is 0.227 e. The minimum atomic E-state index is 0. The number of nitrogens with zero attached hydrogens (tertiary/aromatic N) is 3. The van der Waals surface area contributed by atoms with E-state index in [2.05, 4.69) is 54.8 Å². The molecular formula is C23H29ClN4O. The predicted molar refractivity (Wildman–Crippen MR) is 121 cm³/mol. The van der Waals surface area contributed by atoms with E-state index in [1.807, 2.05) is 18.0 Å². The lowest BCUT2D eigenvalue weighted by atomic mass is 10.00. The number of halogens is 1. The van der Waals surface area contributed by atoms with Crippen LogP contribution in [0.25, 0.3) is 5.65 Å². The molecule has 154 valence electrons. The van der Waals surface area contributed by atoms with Crippen LogP contribution in [0.3, 0.4) is 0 Å². The number of carbonyl (C=O) groups is 1. The second-order valence-electron chi connectivity index (χ2n) is 7.66. The normalized spacial score (nSPS) is 13.8. The third-order valence-electron chi connectivity index (χ3n) is 5.91. The number of carbonyl (C=O) groups excluding carboxylic acids is 1. The summed E-state index contributed by atoms with van der Waals surface area (Å²) in [6, 6.07) is 8.56. The summed E-state index contributed by atoms with van der Waals surface area (Å²) in [7, 11) is 0. The Morgan fingerprint density at radius 3 is 2.69 bits per heavy atom. The summed E-state index contributed by atoms with van der Waals surface area (Å²) in [5, 5.41) is 3.62. The van der Waals surface area contributed by atoms with E-state index in [4.69, 9.17) is 4.98 Å². The molecule has 1 amide bonds. The van der Waals surface area contributed by atoms with Gasteiger partial charge in [-0.15, -0.1) is 12.4 Å². The Morgan fingerprint density at radius 1 is 1.21 bits per heavy atom. The second kappa shape index (κ2) is 8.46. The molecule has 0 bridgehead atoms. The van der Waals surface area contributed by atoms with Gasteiger partial charge >= 0.3 is 0 Å². The van der Waals surface area contributed by atoms with Gasteiger partial charge in [0, 0.05) is 31.4 Å². The average Bonchev–Trinajstić information content (AvgIpc) is 3.24. The van der Waals surface area contributed by atoms with Crippen LogP contribution in [-0.2, 0) is 17.8 Å². The Labute approximate surface area is 178 Å². The topological polar surface area (TPSA) is 49.6 Å². The quantitative estimate of drug-likeness (QED) is 0.642. The Bertz CT molecular complexity index is 1060. The van der Waals surface area contributed by atoms with Gasteiger partial charge in [0.15, 0.2) is 5.65 Å². The molecule has 1 fully saturated rings. The maximum Gasteiger partial charge on any atom is 0.227 e. The minimum absolute atomic E-state index is 0. The van der Waals surface area contributed by atoms with Crippen molar-refractivity contribution in [3.05, 3.63) is 58.5 Å². The molecule has 1 saturated heterocycles. The highest BCUT2D eigenvalue weighted by molar-refractivity contribution is 5.96. The Hall–Kier alpha value is -2.53. The van der Waals surface area contributed by atoms with Gasteiger partial charge in [-0.1, -0.05) is 25.1 Å². The van der Waals surface area contributed by atoms with Crippen molar-refractivity contribution < 1.29 is 4.79 Å². The van der Waals surface area contributed by atoms with Crippen LogP contribution in [0.1, 0.15) is 47.8 Å². The van der Waals surface area contributed by atoms with Gasteiger partial charge in [-0.25, -0.2) is 4.98 Å². The molecule has 0 unspecified atom stereocenters. The molecule has 2 aromatic heterocycles. The third kappa shape index (κ3) is 3.84. The number of fused-ring (bicyclic) bond motifs is 1. The summed E-state index contributed by atoms with van der Waals surface area (Å²) in [5.74, 6) is 0.201. The predicted octanol–water partition coefficient (Wildman–Crippen LogP) is 4.98. The molecule has 4 rings (SSSR count). The van der Waals surface area contributed by atoms with E-state index in [1.54, 1.807) is 0 Å². The van der Waals surface area contributed by atoms with E-state index < -0.39 is 0 Å². The second-order valence-corrected chi connectivity index (χ2v) is 7.66. The summed E-state index contributed by atoms with van der Waals surface area (Å²) < 4.78 is 2.11. The first-order valence-electron chi connectivity index (χ1n) is 10.1. The monoisotopic (exact) mass is 412 g/mol. The van der Waals surface area contributed by atoms with Crippen LogP contribution in [0.2, 0.25) is 0 Å². The van der Waals surface area contributed by atoms with Crippen molar-refractivity contribution in [2.75, 3.05) is 16.8 Å². The van der Waals surface area contributed by atoms with Gasteiger partial charge < -0.3 is 14.6 Å². The van der Waals surface area contributed by atoms with E-state index in [-0.39, 0.29) is 18.3 Å². The van der Waals surface area contributed by atoms with Crippen LogP contribution in [0, 0.1) is 20.8 Å². The number of benzene rings is 1. The lowest BCUT2D eigenvalue weighted by molar-refractivity contribution is -0.117. The number of hydrogen-bond acceptors (Lipinski definition) is 3. The minimum Gasteiger partial charge on any atom is -0.378 e. The van der Waals surface area contributed by atoms with E-state index in [1.165, 1.54) is 16.7 Å². The van der Waals surface area contributed by atoms with E-state index in [0.717, 1.165) is 54.3 Å². The van der Waals surface area contributed by atoms with Crippen LogP contribution >= 0.6 is 12.4 Å². The van der Waals surface area contributed by atoms with Crippen LogP contribution in [-0.4, -0.2) is 21.8 Å². The van der Waals surface area contributed by atoms with E-state index in [0.29, 0.717) is 6.42 Å². The van der Waals surface area contributed by atoms with Crippen molar-refractivity contribution in [2.24, 2.45) is 0 Å². The molecule has 29 heavy (non-hydrogen) atoms. The molecule has 0 atom stereocenters. The molecular weight excluding hydrogens is 384 g/mol. The zero-order valence-corrected chi connectivity index (χ0v) is 18.4. The maximum atomic E-state index is 12.3. The fourth-order valence-electron chi connectivity index (χ4n) is 4.09. The zero-order valence-electron chi connectivity index (χ0n) is 17.6. The molecule has 1 aromatic carbocycles. The SMILES string of the molecule is CCc1cccc(C)c1CNc1cc(N2CCCC2=O)cn2c(C)c(C)nc12.Cl. The first kappa shape index (κ1) is 21.2. The number of pyridine rings is 1. The van der Waals surface area contributed by atoms with Crippen molar-refractivity contribution in [3.8, 4) is 0 Å². The maximum absolute atomic E-state index is 12.3. The van der Waals surface area contributed by atoms with Gasteiger partial charge in [-0.05, 0) is 56.4 Å². The van der Waals surface area contributed by atoms with Gasteiger partial charge in [0.2, 0.25) is 5.91 Å². The van der Waals surface area contributed by atoms with Gasteiger partial charge in [0.25, 0.3) is 0 Å². The molecule has 0 radical (unpaired) electrons. The molecule has 1 N–H and O–H groups in total. The van der Waals surface area contributed by atoms with Crippen molar-refractivity contribution in [1.29, 1.82) is 0 Å². The molecule has 0 aliphatic carbocycles. The molecule has 1 aliphatic heterocycles. The van der Waals surface area contributed by atoms with Gasteiger partial charge in [0.05, 0.1) is 17.1 Å². The summed E-state index contributed by atoms with van der Waals surface area (Å²) in [6.07, 6.45) is 4.61. The molecule has 5 nitrogen and oxygen atoms in total. The van der Waals surface area contributed by atoms with Crippen LogP contribution in [0.4, 0.5) is 11.4 Å². The number of amides is 1. The third-order valence-corrected chi connectivity index (χ3v) is 5.91. The van der Waals surface area contributed by atoms with Crippen LogP contribution < -0.4 is 10.2 Å². The largest absolute Gasteiger partial charge is 0.378 e. The van der Waals surface area contributed by atoms with Crippen molar-refractivity contribution >= 4 is 35.3 Å². The molecule has 0 saturated carbocycles. The highest BCUT2D eigenvalue weighted by atomic mass is 35.5. The number of imidazole rings is 1. The standard InChI is InChI=1S/C23H28N4O.ClH/c1-5-18-9-6-8-15(2)20(18)13-24-21-12-19(26-11-7-10-22(26)28)14-27-17(4)16(3)25-23(21)27;/h6,8-9,12,14,24H,5,7,10-11,13H2,1-4H3;1H. The number of nitrogens with one attached hydrogen (secondary N) is 1. The van der Waals surface area contributed by atoms with Gasteiger partial charge in [-0.2, -0.15) is 0 Å². The summed E-state index contributed by atoms with van der Waals surface area (Å²) in [4.78, 5) is 19.0. The highest BCUT2D eigenvalue weighted by Gasteiger charge is 2.23. The first-order chi connectivity index (χ1) is 13.5. The number of rotatable bonds is 5. The summed E-state index contributed by atoms with van der Waals surface area (Å²) in [5.41, 5.74) is 8.95. The van der Waals surface area contributed by atoms with Gasteiger partial charge in [-0.3, -0.25) is 4.79 Å². The molecule has 0 spiro atoms. The fraction of sp³-hybridized carbons (Fsp3) is 0.391. The zero-order chi connectivity index (χ0) is 19.8. The van der Waals surface area contributed by atoms with Crippen molar-refractivity contribution in [1.82, 2.24) is 9.38 Å². The number of hydrogen-bond donors (Lipinski definition) is 1.